The van der Waals surface area contributed by atoms with E-state index in [-0.39, 0.29) is 5.56 Å². The summed E-state index contributed by atoms with van der Waals surface area (Å²) in [5.41, 5.74) is 1.46. The first-order valence-corrected chi connectivity index (χ1v) is 6.41. The first kappa shape index (κ1) is 14.0. The Balaban J connectivity index is 2.16. The zero-order chi connectivity index (χ0) is 14.5. The van der Waals surface area contributed by atoms with Crippen molar-refractivity contribution < 1.29 is 0 Å². The molecule has 0 saturated heterocycles. The van der Waals surface area contributed by atoms with Gasteiger partial charge in [0.25, 0.3) is 5.56 Å². The molecule has 7 nitrogen and oxygen atoms in total. The molecule has 0 fully saturated rings. The van der Waals surface area contributed by atoms with E-state index in [1.807, 2.05) is 32.0 Å². The molecule has 0 aliphatic rings. The van der Waals surface area contributed by atoms with Crippen molar-refractivity contribution in [2.75, 3.05) is 24.3 Å². The van der Waals surface area contributed by atoms with Crippen molar-refractivity contribution >= 4 is 11.8 Å². The Kier molecular flexibility index (Phi) is 4.29. The zero-order valence-corrected chi connectivity index (χ0v) is 11.8. The maximum Gasteiger partial charge on any atom is 0.250 e. The van der Waals surface area contributed by atoms with E-state index in [1.54, 1.807) is 0 Å². The van der Waals surface area contributed by atoms with E-state index >= 15 is 0 Å². The Labute approximate surface area is 117 Å². The Morgan fingerprint density at radius 3 is 2.70 bits per heavy atom. The smallest absolute Gasteiger partial charge is 0.250 e. The van der Waals surface area contributed by atoms with Crippen LogP contribution in [0.5, 0.6) is 0 Å². The monoisotopic (exact) mass is 274 g/mol. The van der Waals surface area contributed by atoms with Gasteiger partial charge in [-0.1, -0.05) is 6.92 Å². The minimum Gasteiger partial charge on any atom is -0.364 e. The third kappa shape index (κ3) is 3.53. The zero-order valence-electron chi connectivity index (χ0n) is 11.8. The minimum absolute atomic E-state index is 0.164. The molecule has 20 heavy (non-hydrogen) atoms. The van der Waals surface area contributed by atoms with Gasteiger partial charge in [-0.2, -0.15) is 4.98 Å². The van der Waals surface area contributed by atoms with Gasteiger partial charge >= 0.3 is 0 Å². The SMILES string of the molecule is CCc1cc(NCc2cc(=O)[nH]cn2)nc(N(C)C)n1. The fourth-order valence-corrected chi connectivity index (χ4v) is 1.64. The number of nitrogens with one attached hydrogen (secondary N) is 2. The van der Waals surface area contributed by atoms with Gasteiger partial charge in [-0.3, -0.25) is 4.79 Å². The largest absolute Gasteiger partial charge is 0.364 e. The van der Waals surface area contributed by atoms with Crippen LogP contribution >= 0.6 is 0 Å². The molecule has 0 aromatic carbocycles. The Morgan fingerprint density at radius 1 is 1.25 bits per heavy atom. The molecule has 0 aliphatic carbocycles. The van der Waals surface area contributed by atoms with Gasteiger partial charge in [-0.15, -0.1) is 0 Å². The van der Waals surface area contributed by atoms with Crippen molar-refractivity contribution in [3.63, 3.8) is 0 Å². The van der Waals surface area contributed by atoms with E-state index < -0.39 is 0 Å². The Morgan fingerprint density at radius 2 is 2.05 bits per heavy atom. The molecule has 0 radical (unpaired) electrons. The second kappa shape index (κ2) is 6.14. The Hall–Kier alpha value is -2.44. The molecule has 2 N–H and O–H groups in total. The van der Waals surface area contributed by atoms with E-state index in [0.717, 1.165) is 17.9 Å². The predicted molar refractivity (Wildman–Crippen MR) is 77.9 cm³/mol. The number of aromatic amines is 1. The lowest BCUT2D eigenvalue weighted by Gasteiger charge is -2.13. The summed E-state index contributed by atoms with van der Waals surface area (Å²) in [4.78, 5) is 28.4. The number of anilines is 2. The summed E-state index contributed by atoms with van der Waals surface area (Å²) in [6.07, 6.45) is 2.23. The van der Waals surface area contributed by atoms with Crippen LogP contribution in [-0.4, -0.2) is 34.0 Å². The van der Waals surface area contributed by atoms with Crippen molar-refractivity contribution in [1.29, 1.82) is 0 Å². The molecule has 0 spiro atoms. The first-order chi connectivity index (χ1) is 9.58. The van der Waals surface area contributed by atoms with Crippen LogP contribution in [-0.2, 0) is 13.0 Å². The lowest BCUT2D eigenvalue weighted by molar-refractivity contribution is 0.925. The standard InChI is InChI=1S/C13H18N6O/c1-4-9-5-11(18-13(17-9)19(2)3)14-7-10-6-12(20)16-8-15-10/h5-6,8H,4,7H2,1-3H3,(H,14,17,18)(H,15,16,20). The molecule has 0 aliphatic heterocycles. The topological polar surface area (TPSA) is 86.8 Å². The molecule has 0 atom stereocenters. The highest BCUT2D eigenvalue weighted by Crippen LogP contribution is 2.13. The number of nitrogens with zero attached hydrogens (tertiary/aromatic N) is 4. The van der Waals surface area contributed by atoms with Crippen LogP contribution < -0.4 is 15.8 Å². The van der Waals surface area contributed by atoms with E-state index in [9.17, 15) is 4.79 Å². The van der Waals surface area contributed by atoms with Gasteiger partial charge < -0.3 is 15.2 Å². The third-order valence-electron chi connectivity index (χ3n) is 2.72. The molecule has 7 heteroatoms. The number of rotatable bonds is 5. The van der Waals surface area contributed by atoms with Crippen LogP contribution in [0, 0.1) is 0 Å². The molecule has 2 aromatic heterocycles. The van der Waals surface area contributed by atoms with Crippen LogP contribution in [0.4, 0.5) is 11.8 Å². The van der Waals surface area contributed by atoms with Crippen LogP contribution in [0.15, 0.2) is 23.3 Å². The first-order valence-electron chi connectivity index (χ1n) is 6.41. The average Bonchev–Trinajstić information content (AvgIpc) is 2.45. The van der Waals surface area contributed by atoms with Gasteiger partial charge in [-0.25, -0.2) is 9.97 Å². The third-order valence-corrected chi connectivity index (χ3v) is 2.72. The van der Waals surface area contributed by atoms with Crippen molar-refractivity contribution in [2.24, 2.45) is 0 Å². The minimum atomic E-state index is -0.164. The molecule has 2 heterocycles. The normalized spacial score (nSPS) is 10.3. The van der Waals surface area contributed by atoms with Gasteiger partial charge in [0.1, 0.15) is 5.82 Å². The van der Waals surface area contributed by atoms with Crippen molar-refractivity contribution in [3.05, 3.63) is 40.2 Å². The molecular formula is C13H18N6O. The highest BCUT2D eigenvalue weighted by atomic mass is 16.1. The lowest BCUT2D eigenvalue weighted by atomic mass is 10.3. The molecule has 0 saturated carbocycles. The van der Waals surface area contributed by atoms with E-state index in [0.29, 0.717) is 18.2 Å². The van der Waals surface area contributed by atoms with Crippen LogP contribution in [0.25, 0.3) is 0 Å². The van der Waals surface area contributed by atoms with Gasteiger partial charge in [0.05, 0.1) is 18.6 Å². The molecule has 2 aromatic rings. The average molecular weight is 274 g/mol. The summed E-state index contributed by atoms with van der Waals surface area (Å²) in [5.74, 6) is 1.38. The van der Waals surface area contributed by atoms with Gasteiger partial charge in [0.15, 0.2) is 0 Å². The summed E-state index contributed by atoms with van der Waals surface area (Å²) in [7, 11) is 3.80. The summed E-state index contributed by atoms with van der Waals surface area (Å²) in [6, 6.07) is 3.36. The van der Waals surface area contributed by atoms with Gasteiger partial charge in [0, 0.05) is 31.9 Å². The fourth-order valence-electron chi connectivity index (χ4n) is 1.64. The van der Waals surface area contributed by atoms with E-state index in [4.69, 9.17) is 0 Å². The maximum atomic E-state index is 11.2. The maximum absolute atomic E-state index is 11.2. The summed E-state index contributed by atoms with van der Waals surface area (Å²) < 4.78 is 0. The summed E-state index contributed by atoms with van der Waals surface area (Å²) >= 11 is 0. The van der Waals surface area contributed by atoms with Crippen LogP contribution in [0.2, 0.25) is 0 Å². The van der Waals surface area contributed by atoms with Gasteiger partial charge in [0.2, 0.25) is 5.95 Å². The summed E-state index contributed by atoms with van der Waals surface area (Å²) in [6.45, 7) is 2.49. The highest BCUT2D eigenvalue weighted by molar-refractivity contribution is 5.43. The molecule has 106 valence electrons. The number of H-pyrrole nitrogens is 1. The number of aromatic nitrogens is 4. The molecule has 0 amide bonds. The fraction of sp³-hybridized carbons (Fsp3) is 0.385. The van der Waals surface area contributed by atoms with E-state index in [2.05, 4.69) is 25.3 Å². The second-order valence-corrected chi connectivity index (χ2v) is 4.55. The molecule has 2 rings (SSSR count). The predicted octanol–water partition coefficient (Wildman–Crippen LogP) is 0.800. The van der Waals surface area contributed by atoms with Crippen molar-refractivity contribution in [3.8, 4) is 0 Å². The highest BCUT2D eigenvalue weighted by Gasteiger charge is 2.05. The molecule has 0 bridgehead atoms. The lowest BCUT2D eigenvalue weighted by Crippen LogP contribution is -2.15. The molecule has 0 unspecified atom stereocenters. The van der Waals surface area contributed by atoms with Crippen molar-refractivity contribution in [1.82, 2.24) is 19.9 Å². The van der Waals surface area contributed by atoms with Crippen molar-refractivity contribution in [2.45, 2.75) is 19.9 Å². The number of hydrogen-bond donors (Lipinski definition) is 2. The summed E-state index contributed by atoms with van der Waals surface area (Å²) in [5, 5.41) is 3.17. The van der Waals surface area contributed by atoms with Crippen LogP contribution in [0.3, 0.4) is 0 Å². The number of hydrogen-bond acceptors (Lipinski definition) is 6. The molecular weight excluding hydrogens is 256 g/mol. The quantitative estimate of drug-likeness (QED) is 0.838. The van der Waals surface area contributed by atoms with Crippen LogP contribution in [0.1, 0.15) is 18.3 Å². The van der Waals surface area contributed by atoms with Gasteiger partial charge in [-0.05, 0) is 6.42 Å². The number of aryl methyl sites for hydroxylation is 1. The second-order valence-electron chi connectivity index (χ2n) is 4.55. The Bertz CT molecular complexity index is 637. The van der Waals surface area contributed by atoms with E-state index in [1.165, 1.54) is 12.4 Å².